The zero-order chi connectivity index (χ0) is 100. The second-order valence-electron chi connectivity index (χ2n) is 35.4. The number of nitrogens with zero attached hydrogens (tertiary/aromatic N) is 17. The van der Waals surface area contributed by atoms with Crippen molar-refractivity contribution in [1.29, 1.82) is 0 Å². The van der Waals surface area contributed by atoms with Gasteiger partial charge in [-0.05, 0) is 147 Å². The van der Waals surface area contributed by atoms with Crippen LogP contribution >= 0.6 is 0 Å². The molecule has 0 saturated carbocycles. The molecular formula is C114H107F2N17O12. The molecule has 0 unspecified atom stereocenters. The summed E-state index contributed by atoms with van der Waals surface area (Å²) in [5.41, 5.74) is 18.7. The summed E-state index contributed by atoms with van der Waals surface area (Å²) in [4.78, 5) is 84.2. The Kier molecular flexibility index (Phi) is 30.8. The van der Waals surface area contributed by atoms with Crippen LogP contribution in [0, 0.1) is 46.3 Å². The molecule has 5 amide bonds. The molecule has 0 spiro atoms. The number of rotatable bonds is 23. The smallest absolute Gasteiger partial charge is 0.276 e. The summed E-state index contributed by atoms with van der Waals surface area (Å²) >= 11 is 0. The maximum Gasteiger partial charge on any atom is 0.276 e. The molecule has 6 aliphatic heterocycles. The highest BCUT2D eigenvalue weighted by molar-refractivity contribution is 6.09. The average molecular weight is 1950 g/mol. The Labute approximate surface area is 837 Å². The van der Waals surface area contributed by atoms with E-state index in [0.29, 0.717) is 180 Å². The lowest BCUT2D eigenvalue weighted by Gasteiger charge is -2.27. The second kappa shape index (κ2) is 45.7. The standard InChI is InChI=1S/C21H21N3O2.C20H18FN3O2.2C20H19N3O2.C19H16FN3O2.C14H14N2O2/c1-15-6-8-18(9-7-15)23-10-11-24-19(21(23)25)13-20(22-24)26-14-17-5-3-4-16(2)12-17;1-14-6-8-16(9-7-14)23-10-11-24-18(20(23)25)12-19(22-24)26-13-15-4-2-3-5-17(15)21;2*1-15-6-5-9-17(12-15)22-10-11-23-18(20(22)24)13-19(21-23)25-14-16-7-3-2-4-8-16;20-15-8-4-5-9-16(15)22-10-11-23-17(19(22)24)12-18(21-23)25-13-14-6-2-1-3-7-14;17-13-7-4-8-16-12(13)9-14(15-16)18-10-11-5-2-1-3-6-11/h3-9,12-13H,10-11,14H2,1-2H3;2-9,12H,10-11,13H2,1H3;2*2-9,12-13H,10-11,14H2,1H3;1-9,12H,10-11,13H2;1-3,5-6,9H,4,7-8,10H2. The minimum Gasteiger partial charge on any atom is -0.472 e. The highest BCUT2D eigenvalue weighted by Gasteiger charge is 2.35. The molecule has 145 heavy (non-hydrogen) atoms. The zero-order valence-corrected chi connectivity index (χ0v) is 80.9. The number of ketones is 1. The van der Waals surface area contributed by atoms with E-state index in [1.165, 1.54) is 28.2 Å². The van der Waals surface area contributed by atoms with Crippen LogP contribution in [0.4, 0.5) is 37.2 Å². The molecule has 23 rings (SSSR count). The molecule has 29 nitrogen and oxygen atoms in total. The first kappa shape index (κ1) is 97.6. The first-order valence-electron chi connectivity index (χ1n) is 48.0. The number of amides is 5. The number of aryl methyl sites for hydroxylation is 6. The van der Waals surface area contributed by atoms with Crippen LogP contribution in [0.5, 0.6) is 35.3 Å². The van der Waals surface area contributed by atoms with Gasteiger partial charge in [0.05, 0.1) is 38.4 Å². The number of fused-ring (bicyclic) bond motifs is 6. The second-order valence-corrected chi connectivity index (χ2v) is 35.4. The topological polar surface area (TPSA) is 281 Å². The van der Waals surface area contributed by atoms with Crippen molar-refractivity contribution in [3.05, 3.63) is 435 Å². The van der Waals surface area contributed by atoms with Gasteiger partial charge in [0.1, 0.15) is 85.4 Å². The molecule has 0 saturated heterocycles. The lowest BCUT2D eigenvalue weighted by Crippen LogP contribution is -2.40. The van der Waals surface area contributed by atoms with Gasteiger partial charge in [0, 0.05) is 110 Å². The van der Waals surface area contributed by atoms with Crippen molar-refractivity contribution in [1.82, 2.24) is 58.7 Å². The van der Waals surface area contributed by atoms with E-state index in [9.17, 15) is 37.5 Å². The predicted molar refractivity (Wildman–Crippen MR) is 546 cm³/mol. The van der Waals surface area contributed by atoms with Crippen LogP contribution in [0.15, 0.2) is 328 Å². The van der Waals surface area contributed by atoms with Gasteiger partial charge in [-0.2, -0.15) is 0 Å². The monoisotopic (exact) mass is 1940 g/mol. The Balaban J connectivity index is 0.000000115. The first-order chi connectivity index (χ1) is 70.7. The van der Waals surface area contributed by atoms with Gasteiger partial charge in [0.25, 0.3) is 29.5 Å². The Morgan fingerprint density at radius 2 is 0.517 bits per heavy atom. The van der Waals surface area contributed by atoms with Gasteiger partial charge < -0.3 is 52.9 Å². The molecule has 0 radical (unpaired) electrons. The van der Waals surface area contributed by atoms with E-state index >= 15 is 0 Å². The van der Waals surface area contributed by atoms with Crippen LogP contribution in [0.2, 0.25) is 0 Å². The molecule has 0 bridgehead atoms. The maximum absolute atomic E-state index is 14.0. The van der Waals surface area contributed by atoms with Crippen LogP contribution in [-0.4, -0.2) is 127 Å². The predicted octanol–water partition coefficient (Wildman–Crippen LogP) is 19.9. The normalized spacial score (nSPS) is 13.7. The van der Waals surface area contributed by atoms with Gasteiger partial charge in [-0.3, -0.25) is 56.9 Å². The largest absolute Gasteiger partial charge is 0.472 e. The molecule has 0 fully saturated rings. The van der Waals surface area contributed by atoms with Crippen molar-refractivity contribution in [3.63, 3.8) is 0 Å². The van der Waals surface area contributed by atoms with Crippen molar-refractivity contribution >= 4 is 63.8 Å². The number of para-hydroxylation sites is 1. The number of hydrogen-bond donors (Lipinski definition) is 0. The van der Waals surface area contributed by atoms with Gasteiger partial charge in [-0.15, -0.1) is 30.6 Å². The minimum atomic E-state index is -0.413. The molecule has 0 N–H and O–H groups in total. The highest BCUT2D eigenvalue weighted by atomic mass is 19.1. The van der Waals surface area contributed by atoms with E-state index in [-0.39, 0.29) is 53.4 Å². The summed E-state index contributed by atoms with van der Waals surface area (Å²) in [5.74, 6) is 1.60. The third kappa shape index (κ3) is 24.3. The van der Waals surface area contributed by atoms with Crippen LogP contribution in [0.1, 0.15) is 137 Å². The molecule has 734 valence electrons. The Hall–Kier alpha value is -17.6. The van der Waals surface area contributed by atoms with Crippen LogP contribution < -0.4 is 52.9 Å². The molecular weight excluding hydrogens is 1840 g/mol. The van der Waals surface area contributed by atoms with Crippen LogP contribution in [0.3, 0.4) is 0 Å². The zero-order valence-electron chi connectivity index (χ0n) is 80.9. The fourth-order valence-electron chi connectivity index (χ4n) is 17.2. The fourth-order valence-corrected chi connectivity index (χ4v) is 17.2. The number of Topliss-reactive ketones (excluding diaryl/α,β-unsaturated/α-hetero) is 1. The lowest BCUT2D eigenvalue weighted by atomic mass is 10.1. The third-order valence-corrected chi connectivity index (χ3v) is 24.8. The molecule has 0 atom stereocenters. The molecule has 17 aromatic rings. The summed E-state index contributed by atoms with van der Waals surface area (Å²) in [5, 5.41) is 26.2. The lowest BCUT2D eigenvalue weighted by molar-refractivity contribution is 0.0945. The van der Waals surface area contributed by atoms with Crippen LogP contribution in [0.25, 0.3) is 0 Å². The number of halogens is 2. The van der Waals surface area contributed by atoms with Crippen molar-refractivity contribution in [2.45, 2.75) is 126 Å². The number of carbonyl (C=O) groups excluding carboxylic acids is 6. The van der Waals surface area contributed by atoms with E-state index < -0.39 is 5.82 Å². The highest BCUT2D eigenvalue weighted by Crippen LogP contribution is 2.33. The van der Waals surface area contributed by atoms with Crippen molar-refractivity contribution in [2.24, 2.45) is 0 Å². The number of anilines is 5. The summed E-state index contributed by atoms with van der Waals surface area (Å²) in [6, 6.07) is 102. The fraction of sp³-hybridized carbons (Fsp3) is 0.211. The molecule has 6 aliphatic rings. The summed E-state index contributed by atoms with van der Waals surface area (Å²) < 4.78 is 72.1. The van der Waals surface area contributed by atoms with E-state index in [4.69, 9.17) is 28.4 Å². The maximum atomic E-state index is 14.0. The van der Waals surface area contributed by atoms with Crippen LogP contribution in [-0.2, 0) is 78.9 Å². The van der Waals surface area contributed by atoms with Crippen molar-refractivity contribution < 1.29 is 66.0 Å². The Morgan fingerprint density at radius 1 is 0.234 bits per heavy atom. The van der Waals surface area contributed by atoms with Gasteiger partial charge in [0.2, 0.25) is 35.3 Å². The van der Waals surface area contributed by atoms with E-state index in [1.54, 1.807) is 120 Å². The first-order valence-corrected chi connectivity index (χ1v) is 48.0. The number of aromatic nitrogens is 12. The number of ether oxygens (including phenoxy) is 6. The SMILES string of the molecule is Cc1ccc(N2CCn3nc(OCc4cccc(C)c4)cc3C2=O)cc1.Cc1ccc(N2CCn3nc(OCc4ccccc4F)cc3C2=O)cc1.Cc1cccc(N2CCn3nc(OCc4ccccc4)cc3C2=O)c1.Cc1cccc(N2CCn3nc(OCc4ccccc4)cc3C2=O)c1.O=C1CCCn2nc(OCc3ccccc3)cc21.O=C1c2cc(OCc3ccccc3)nn2CCN1c1ccccc1F. The minimum absolute atomic E-state index is 0.0427. The molecule has 0 aliphatic carbocycles. The third-order valence-electron chi connectivity index (χ3n) is 24.8. The summed E-state index contributed by atoms with van der Waals surface area (Å²) in [6.07, 6.45) is 1.48. The van der Waals surface area contributed by atoms with Gasteiger partial charge in [-0.25, -0.2) is 8.78 Å². The number of benzene rings is 11. The molecule has 6 aromatic heterocycles. The van der Waals surface area contributed by atoms with Crippen molar-refractivity contribution in [2.75, 3.05) is 57.2 Å². The Morgan fingerprint density at radius 3 is 0.862 bits per heavy atom. The number of hydrogen-bond acceptors (Lipinski definition) is 18. The molecule has 12 heterocycles. The summed E-state index contributed by atoms with van der Waals surface area (Å²) in [6.45, 7) is 19.0. The van der Waals surface area contributed by atoms with Crippen molar-refractivity contribution in [3.8, 4) is 35.3 Å². The summed E-state index contributed by atoms with van der Waals surface area (Å²) in [7, 11) is 0. The van der Waals surface area contributed by atoms with E-state index in [2.05, 4.69) is 49.6 Å². The van der Waals surface area contributed by atoms with Gasteiger partial charge in [-0.1, -0.05) is 241 Å². The van der Waals surface area contributed by atoms with E-state index in [1.807, 2.05) is 258 Å². The molecule has 31 heteroatoms. The van der Waals surface area contributed by atoms with E-state index in [0.717, 1.165) is 80.2 Å². The molecule has 11 aromatic carbocycles. The quantitative estimate of drug-likeness (QED) is 0.0575. The Bertz CT molecular complexity index is 7260. The van der Waals surface area contributed by atoms with Gasteiger partial charge >= 0.3 is 0 Å². The number of carbonyl (C=O) groups is 6. The average Bonchev–Trinajstić information content (AvgIpc) is 1.67. The van der Waals surface area contributed by atoms with Gasteiger partial charge in [0.15, 0.2) is 5.78 Å².